The van der Waals surface area contributed by atoms with Crippen LogP contribution in [0, 0.1) is 5.95 Å². The second kappa shape index (κ2) is 5.39. The average molecular weight is 257 g/mol. The van der Waals surface area contributed by atoms with Crippen LogP contribution in [-0.2, 0) is 6.42 Å². The fraction of sp³-hybridized carbons (Fsp3) is 0.312. The van der Waals surface area contributed by atoms with Gasteiger partial charge in [0, 0.05) is 12.1 Å². The number of hydrogen-bond acceptors (Lipinski definition) is 2. The molecular formula is C16H16FNO. The predicted molar refractivity (Wildman–Crippen MR) is 71.8 cm³/mol. The summed E-state index contributed by atoms with van der Waals surface area (Å²) >= 11 is 0. The largest absolute Gasteiger partial charge is 0.488 e. The summed E-state index contributed by atoms with van der Waals surface area (Å²) < 4.78 is 19.0. The van der Waals surface area contributed by atoms with Gasteiger partial charge in [0.05, 0.1) is 6.61 Å². The number of benzene rings is 1. The van der Waals surface area contributed by atoms with E-state index in [0.717, 1.165) is 12.8 Å². The second-order valence-electron chi connectivity index (χ2n) is 4.89. The van der Waals surface area contributed by atoms with Gasteiger partial charge in [-0.15, -0.1) is 0 Å². The molecule has 98 valence electrons. The highest BCUT2D eigenvalue weighted by Gasteiger charge is 2.20. The third-order valence-corrected chi connectivity index (χ3v) is 3.66. The van der Waals surface area contributed by atoms with Crippen molar-refractivity contribution in [2.45, 2.75) is 25.2 Å². The van der Waals surface area contributed by atoms with Gasteiger partial charge < -0.3 is 4.74 Å². The highest BCUT2D eigenvalue weighted by Crippen LogP contribution is 2.32. The van der Waals surface area contributed by atoms with Gasteiger partial charge in [-0.1, -0.05) is 24.3 Å². The van der Waals surface area contributed by atoms with Crippen LogP contribution in [0.15, 0.2) is 42.6 Å². The van der Waals surface area contributed by atoms with Crippen LogP contribution >= 0.6 is 0 Å². The van der Waals surface area contributed by atoms with Crippen LogP contribution in [0.5, 0.6) is 5.75 Å². The lowest BCUT2D eigenvalue weighted by Gasteiger charge is -2.25. The maximum absolute atomic E-state index is 13.4. The fourth-order valence-electron chi connectivity index (χ4n) is 2.70. The Labute approximate surface area is 112 Å². The molecule has 19 heavy (non-hydrogen) atoms. The first-order valence-electron chi connectivity index (χ1n) is 6.66. The van der Waals surface area contributed by atoms with E-state index >= 15 is 0 Å². The highest BCUT2D eigenvalue weighted by molar-refractivity contribution is 5.33. The molecule has 1 aliphatic carbocycles. The van der Waals surface area contributed by atoms with Crippen LogP contribution in [0.1, 0.15) is 29.9 Å². The van der Waals surface area contributed by atoms with E-state index in [4.69, 9.17) is 4.74 Å². The molecule has 0 spiro atoms. The Morgan fingerprint density at radius 3 is 3.00 bits per heavy atom. The van der Waals surface area contributed by atoms with Gasteiger partial charge in [-0.2, -0.15) is 4.39 Å². The van der Waals surface area contributed by atoms with Gasteiger partial charge in [-0.25, -0.2) is 4.98 Å². The van der Waals surface area contributed by atoms with Gasteiger partial charge in [0.1, 0.15) is 0 Å². The van der Waals surface area contributed by atoms with E-state index in [-0.39, 0.29) is 5.75 Å². The molecule has 1 unspecified atom stereocenters. The van der Waals surface area contributed by atoms with E-state index in [1.54, 1.807) is 12.1 Å². The third kappa shape index (κ3) is 2.60. The molecule has 0 aliphatic heterocycles. The second-order valence-corrected chi connectivity index (χ2v) is 4.89. The topological polar surface area (TPSA) is 22.1 Å². The molecule has 0 saturated heterocycles. The van der Waals surface area contributed by atoms with Crippen LogP contribution in [0.4, 0.5) is 4.39 Å². The number of ether oxygens (including phenoxy) is 1. The van der Waals surface area contributed by atoms with E-state index in [9.17, 15) is 4.39 Å². The van der Waals surface area contributed by atoms with Crippen molar-refractivity contribution >= 4 is 0 Å². The van der Waals surface area contributed by atoms with Gasteiger partial charge in [0.15, 0.2) is 5.75 Å². The molecule has 0 N–H and O–H groups in total. The van der Waals surface area contributed by atoms with E-state index in [1.807, 2.05) is 0 Å². The SMILES string of the molecule is Fc1ncccc1OCC1CCCc2ccccc21. The Hall–Kier alpha value is -1.90. The van der Waals surface area contributed by atoms with E-state index in [2.05, 4.69) is 29.2 Å². The lowest BCUT2D eigenvalue weighted by atomic mass is 9.83. The summed E-state index contributed by atoms with van der Waals surface area (Å²) in [6.07, 6.45) is 4.82. The molecule has 1 atom stereocenters. The zero-order valence-corrected chi connectivity index (χ0v) is 10.7. The van der Waals surface area contributed by atoms with Crippen molar-refractivity contribution in [2.24, 2.45) is 0 Å². The standard InChI is InChI=1S/C16H16FNO/c17-16-15(9-4-10-18-16)19-11-13-7-3-6-12-5-1-2-8-14(12)13/h1-2,4-5,8-10,13H,3,6-7,11H2. The predicted octanol–water partition coefficient (Wildman–Crippen LogP) is 3.72. The summed E-state index contributed by atoms with van der Waals surface area (Å²) in [5.41, 5.74) is 2.74. The molecule has 0 fully saturated rings. The van der Waals surface area contributed by atoms with Gasteiger partial charge in [-0.3, -0.25) is 0 Å². The van der Waals surface area contributed by atoms with Crippen molar-refractivity contribution in [3.8, 4) is 5.75 Å². The molecule has 1 heterocycles. The lowest BCUT2D eigenvalue weighted by Crippen LogP contribution is -2.17. The first kappa shape index (κ1) is 12.2. The molecular weight excluding hydrogens is 241 g/mol. The molecule has 0 radical (unpaired) electrons. The summed E-state index contributed by atoms with van der Waals surface area (Å²) in [7, 11) is 0. The number of aromatic nitrogens is 1. The van der Waals surface area contributed by atoms with E-state index in [1.165, 1.54) is 23.7 Å². The van der Waals surface area contributed by atoms with Crippen LogP contribution in [0.3, 0.4) is 0 Å². The molecule has 2 nitrogen and oxygen atoms in total. The minimum atomic E-state index is -0.536. The van der Waals surface area contributed by atoms with Crippen LogP contribution in [0.2, 0.25) is 0 Å². The van der Waals surface area contributed by atoms with Gasteiger partial charge in [-0.05, 0) is 42.5 Å². The van der Waals surface area contributed by atoms with Crippen molar-refractivity contribution in [1.29, 1.82) is 0 Å². The smallest absolute Gasteiger partial charge is 0.255 e. The average Bonchev–Trinajstić information content (AvgIpc) is 2.46. The minimum absolute atomic E-state index is 0.241. The first-order valence-corrected chi connectivity index (χ1v) is 6.66. The molecule has 1 aliphatic rings. The molecule has 3 heteroatoms. The number of fused-ring (bicyclic) bond motifs is 1. The summed E-state index contributed by atoms with van der Waals surface area (Å²) in [4.78, 5) is 3.60. The molecule has 0 bridgehead atoms. The summed E-state index contributed by atoms with van der Waals surface area (Å²) in [6, 6.07) is 11.8. The van der Waals surface area contributed by atoms with Crippen molar-refractivity contribution in [3.05, 3.63) is 59.7 Å². The van der Waals surface area contributed by atoms with Crippen molar-refractivity contribution in [3.63, 3.8) is 0 Å². The zero-order valence-electron chi connectivity index (χ0n) is 10.7. The first-order chi connectivity index (χ1) is 9.34. The normalized spacial score (nSPS) is 17.8. The quantitative estimate of drug-likeness (QED) is 0.782. The van der Waals surface area contributed by atoms with Crippen molar-refractivity contribution < 1.29 is 9.13 Å². The number of aryl methyl sites for hydroxylation is 1. The fourth-order valence-corrected chi connectivity index (χ4v) is 2.70. The van der Waals surface area contributed by atoms with Crippen LogP contribution in [-0.4, -0.2) is 11.6 Å². The number of halogens is 1. The monoisotopic (exact) mass is 257 g/mol. The number of pyridine rings is 1. The maximum Gasteiger partial charge on any atom is 0.255 e. The summed E-state index contributed by atoms with van der Waals surface area (Å²) in [6.45, 7) is 0.514. The summed E-state index contributed by atoms with van der Waals surface area (Å²) in [5, 5.41) is 0. The Bertz CT molecular complexity index is 570. The van der Waals surface area contributed by atoms with Crippen molar-refractivity contribution in [2.75, 3.05) is 6.61 Å². The van der Waals surface area contributed by atoms with Gasteiger partial charge in [0.25, 0.3) is 5.95 Å². The van der Waals surface area contributed by atoms with E-state index in [0.29, 0.717) is 12.5 Å². The number of rotatable bonds is 3. The Balaban J connectivity index is 1.73. The Kier molecular flexibility index (Phi) is 3.45. The molecule has 0 saturated carbocycles. The van der Waals surface area contributed by atoms with Crippen LogP contribution < -0.4 is 4.74 Å². The zero-order chi connectivity index (χ0) is 13.1. The molecule has 0 amide bonds. The molecule has 3 rings (SSSR count). The van der Waals surface area contributed by atoms with E-state index < -0.39 is 5.95 Å². The Morgan fingerprint density at radius 1 is 1.21 bits per heavy atom. The Morgan fingerprint density at radius 2 is 2.11 bits per heavy atom. The van der Waals surface area contributed by atoms with Gasteiger partial charge >= 0.3 is 0 Å². The van der Waals surface area contributed by atoms with Gasteiger partial charge in [0.2, 0.25) is 0 Å². The highest BCUT2D eigenvalue weighted by atomic mass is 19.1. The minimum Gasteiger partial charge on any atom is -0.488 e. The number of nitrogens with zero attached hydrogens (tertiary/aromatic N) is 1. The van der Waals surface area contributed by atoms with Crippen molar-refractivity contribution in [1.82, 2.24) is 4.98 Å². The third-order valence-electron chi connectivity index (χ3n) is 3.66. The molecule has 1 aromatic carbocycles. The summed E-state index contributed by atoms with van der Waals surface area (Å²) in [5.74, 6) is 0.0571. The molecule has 1 aromatic heterocycles. The molecule has 2 aromatic rings. The lowest BCUT2D eigenvalue weighted by molar-refractivity contribution is 0.260. The number of hydrogen-bond donors (Lipinski definition) is 0. The van der Waals surface area contributed by atoms with Crippen LogP contribution in [0.25, 0.3) is 0 Å². The maximum atomic E-state index is 13.4.